The van der Waals surface area contributed by atoms with E-state index in [0.717, 1.165) is 31.8 Å². The van der Waals surface area contributed by atoms with E-state index < -0.39 is 0 Å². The lowest BCUT2D eigenvalue weighted by Gasteiger charge is -2.35. The number of nitrogens with one attached hydrogen (secondary N) is 2. The highest BCUT2D eigenvalue weighted by Gasteiger charge is 2.27. The number of hydrogen-bond acceptors (Lipinski definition) is 3. The predicted octanol–water partition coefficient (Wildman–Crippen LogP) is 1.65. The Hall–Kier alpha value is -0.320. The maximum absolute atomic E-state index is 12.0. The Bertz CT molecular complexity index is 282. The molecule has 0 spiro atoms. The van der Waals surface area contributed by atoms with E-state index in [1.807, 2.05) is 0 Å². The number of carbonyl (C=O) groups is 1. The molecule has 2 aliphatic heterocycles. The molecule has 0 aromatic carbocycles. The van der Waals surface area contributed by atoms with E-state index in [1.165, 1.54) is 45.4 Å². The van der Waals surface area contributed by atoms with E-state index in [2.05, 4.69) is 22.5 Å². The molecule has 0 radical (unpaired) electrons. The predicted molar refractivity (Wildman–Crippen MR) is 85.3 cm³/mol. The summed E-state index contributed by atoms with van der Waals surface area (Å²) >= 11 is 0. The number of amides is 1. The lowest BCUT2D eigenvalue weighted by Crippen LogP contribution is -2.45. The molecule has 1 atom stereocenters. The van der Waals surface area contributed by atoms with E-state index >= 15 is 0 Å². The fraction of sp³-hybridized carbons (Fsp3) is 0.933. The summed E-state index contributed by atoms with van der Waals surface area (Å²) in [6.07, 6.45) is 5.86. The van der Waals surface area contributed by atoms with Crippen LogP contribution in [-0.4, -0.2) is 50.1 Å². The summed E-state index contributed by atoms with van der Waals surface area (Å²) in [4.78, 5) is 14.6. The molecule has 5 heteroatoms. The van der Waals surface area contributed by atoms with E-state index in [4.69, 9.17) is 0 Å². The molecule has 2 N–H and O–H groups in total. The summed E-state index contributed by atoms with van der Waals surface area (Å²) in [6, 6.07) is 0. The molecule has 118 valence electrons. The monoisotopic (exact) mass is 303 g/mol. The zero-order chi connectivity index (χ0) is 13.5. The second-order valence-corrected chi connectivity index (χ2v) is 6.08. The van der Waals surface area contributed by atoms with Crippen molar-refractivity contribution in [1.82, 2.24) is 15.5 Å². The van der Waals surface area contributed by atoms with Gasteiger partial charge in [0.1, 0.15) is 0 Å². The van der Waals surface area contributed by atoms with Crippen LogP contribution in [-0.2, 0) is 4.79 Å². The molecule has 0 bridgehead atoms. The van der Waals surface area contributed by atoms with Crippen LogP contribution in [0.4, 0.5) is 0 Å². The van der Waals surface area contributed by atoms with Crippen molar-refractivity contribution in [3.63, 3.8) is 0 Å². The van der Waals surface area contributed by atoms with Crippen LogP contribution >= 0.6 is 12.4 Å². The third kappa shape index (κ3) is 5.58. The van der Waals surface area contributed by atoms with Crippen LogP contribution in [0.25, 0.3) is 0 Å². The molecule has 0 aromatic rings. The summed E-state index contributed by atoms with van der Waals surface area (Å²) in [7, 11) is 0. The first kappa shape index (κ1) is 17.7. The standard InChI is InChI=1S/C15H29N3O.ClH/c1-2-7-17-15(19)14-4-3-10-18(12-14)11-13-5-8-16-9-6-13;/h13-14,16H,2-12H2,1H3,(H,17,19);1H. The van der Waals surface area contributed by atoms with Crippen LogP contribution in [0.3, 0.4) is 0 Å². The third-order valence-electron chi connectivity index (χ3n) is 4.40. The average Bonchev–Trinajstić information content (AvgIpc) is 2.46. The molecule has 0 saturated carbocycles. The highest BCUT2D eigenvalue weighted by atomic mass is 35.5. The van der Waals surface area contributed by atoms with Gasteiger partial charge >= 0.3 is 0 Å². The van der Waals surface area contributed by atoms with Crippen molar-refractivity contribution in [2.24, 2.45) is 11.8 Å². The van der Waals surface area contributed by atoms with Crippen molar-refractivity contribution in [3.8, 4) is 0 Å². The second-order valence-electron chi connectivity index (χ2n) is 6.08. The van der Waals surface area contributed by atoms with E-state index in [1.54, 1.807) is 0 Å². The number of rotatable bonds is 5. The number of piperidine rings is 2. The van der Waals surface area contributed by atoms with Crippen molar-refractivity contribution in [2.45, 2.75) is 39.0 Å². The molecular weight excluding hydrogens is 274 g/mol. The summed E-state index contributed by atoms with van der Waals surface area (Å²) < 4.78 is 0. The molecule has 1 unspecified atom stereocenters. The van der Waals surface area contributed by atoms with Crippen molar-refractivity contribution < 1.29 is 4.79 Å². The van der Waals surface area contributed by atoms with Crippen molar-refractivity contribution in [1.29, 1.82) is 0 Å². The normalized spacial score (nSPS) is 24.9. The van der Waals surface area contributed by atoms with Gasteiger partial charge in [0, 0.05) is 19.6 Å². The van der Waals surface area contributed by atoms with Crippen molar-refractivity contribution in [3.05, 3.63) is 0 Å². The fourth-order valence-electron chi connectivity index (χ4n) is 3.26. The number of carbonyl (C=O) groups excluding carboxylic acids is 1. The van der Waals surface area contributed by atoms with Gasteiger partial charge in [-0.15, -0.1) is 12.4 Å². The van der Waals surface area contributed by atoms with Gasteiger partial charge in [-0.3, -0.25) is 4.79 Å². The van der Waals surface area contributed by atoms with Gasteiger partial charge in [-0.25, -0.2) is 0 Å². The maximum atomic E-state index is 12.0. The van der Waals surface area contributed by atoms with Gasteiger partial charge in [-0.05, 0) is 57.7 Å². The van der Waals surface area contributed by atoms with Crippen molar-refractivity contribution in [2.75, 3.05) is 39.3 Å². The Morgan fingerprint density at radius 1 is 1.30 bits per heavy atom. The summed E-state index contributed by atoms with van der Waals surface area (Å²) in [5.41, 5.74) is 0. The Morgan fingerprint density at radius 3 is 2.75 bits per heavy atom. The van der Waals surface area contributed by atoms with Gasteiger partial charge in [-0.1, -0.05) is 6.92 Å². The highest BCUT2D eigenvalue weighted by Crippen LogP contribution is 2.20. The van der Waals surface area contributed by atoms with Crippen LogP contribution in [0, 0.1) is 11.8 Å². The highest BCUT2D eigenvalue weighted by molar-refractivity contribution is 5.85. The summed E-state index contributed by atoms with van der Waals surface area (Å²) in [5.74, 6) is 1.33. The zero-order valence-electron chi connectivity index (χ0n) is 12.7. The first-order chi connectivity index (χ1) is 9.29. The topological polar surface area (TPSA) is 44.4 Å². The van der Waals surface area contributed by atoms with Gasteiger partial charge in [-0.2, -0.15) is 0 Å². The van der Waals surface area contributed by atoms with Gasteiger partial charge < -0.3 is 15.5 Å². The Labute approximate surface area is 129 Å². The smallest absolute Gasteiger partial charge is 0.224 e. The Kier molecular flexibility index (Phi) is 8.50. The largest absolute Gasteiger partial charge is 0.356 e. The van der Waals surface area contributed by atoms with E-state index in [9.17, 15) is 4.79 Å². The number of halogens is 1. The lowest BCUT2D eigenvalue weighted by atomic mass is 9.93. The first-order valence-corrected chi connectivity index (χ1v) is 8.00. The molecule has 2 aliphatic rings. The minimum absolute atomic E-state index is 0. The number of likely N-dealkylation sites (tertiary alicyclic amines) is 1. The molecular formula is C15H30ClN3O. The number of hydrogen-bond donors (Lipinski definition) is 2. The van der Waals surface area contributed by atoms with Crippen LogP contribution in [0.1, 0.15) is 39.0 Å². The Balaban J connectivity index is 0.00000200. The maximum Gasteiger partial charge on any atom is 0.224 e. The minimum Gasteiger partial charge on any atom is -0.356 e. The first-order valence-electron chi connectivity index (χ1n) is 8.00. The van der Waals surface area contributed by atoms with E-state index in [0.29, 0.717) is 0 Å². The second kappa shape index (κ2) is 9.59. The molecule has 4 nitrogen and oxygen atoms in total. The van der Waals surface area contributed by atoms with Crippen LogP contribution in [0.15, 0.2) is 0 Å². The minimum atomic E-state index is 0. The molecule has 0 aromatic heterocycles. The summed E-state index contributed by atoms with van der Waals surface area (Å²) in [5, 5.41) is 6.47. The van der Waals surface area contributed by atoms with Gasteiger partial charge in [0.05, 0.1) is 5.92 Å². The fourth-order valence-corrected chi connectivity index (χ4v) is 3.26. The molecule has 1 amide bonds. The van der Waals surface area contributed by atoms with Crippen LogP contribution in [0.5, 0.6) is 0 Å². The molecule has 2 heterocycles. The zero-order valence-corrected chi connectivity index (χ0v) is 13.5. The quantitative estimate of drug-likeness (QED) is 0.812. The average molecular weight is 304 g/mol. The molecule has 20 heavy (non-hydrogen) atoms. The molecule has 2 fully saturated rings. The van der Waals surface area contributed by atoms with Gasteiger partial charge in [0.15, 0.2) is 0 Å². The van der Waals surface area contributed by atoms with Gasteiger partial charge in [0.25, 0.3) is 0 Å². The van der Waals surface area contributed by atoms with Crippen molar-refractivity contribution >= 4 is 18.3 Å². The third-order valence-corrected chi connectivity index (χ3v) is 4.40. The van der Waals surface area contributed by atoms with E-state index in [-0.39, 0.29) is 24.2 Å². The molecule has 2 rings (SSSR count). The molecule has 0 aliphatic carbocycles. The van der Waals surface area contributed by atoms with Gasteiger partial charge in [0.2, 0.25) is 5.91 Å². The van der Waals surface area contributed by atoms with Crippen LogP contribution < -0.4 is 10.6 Å². The Morgan fingerprint density at radius 2 is 2.05 bits per heavy atom. The molecule has 2 saturated heterocycles. The van der Waals surface area contributed by atoms with Crippen LogP contribution in [0.2, 0.25) is 0 Å². The SMILES string of the molecule is CCCNC(=O)C1CCCN(CC2CCNCC2)C1.Cl. The number of nitrogens with zero attached hydrogens (tertiary/aromatic N) is 1. The summed E-state index contributed by atoms with van der Waals surface area (Å²) in [6.45, 7) is 8.60. The lowest BCUT2D eigenvalue weighted by molar-refractivity contribution is -0.126.